The molecule has 1 heteroatoms. The maximum absolute atomic E-state index is 11.7. The molecule has 1 rings (SSSR count). The molecule has 1 aliphatic rings. The smallest absolute Gasteiger partial charge is 0.134 e. The van der Waals surface area contributed by atoms with Crippen LogP contribution in [0, 0.1) is 16.2 Å². The Morgan fingerprint density at radius 2 is 1.57 bits per heavy atom. The van der Waals surface area contributed by atoms with Crippen molar-refractivity contribution in [2.24, 2.45) is 16.2 Å². The SMILES string of the molecule is CC1(C)CC(=O)CC(C)(C(C)(C)C)C1. The molecule has 0 aliphatic heterocycles. The number of carbonyl (C=O) groups is 1. The topological polar surface area (TPSA) is 17.1 Å². The van der Waals surface area contributed by atoms with E-state index in [1.54, 1.807) is 0 Å². The van der Waals surface area contributed by atoms with Crippen LogP contribution in [0.1, 0.15) is 60.8 Å². The van der Waals surface area contributed by atoms with Crippen molar-refractivity contribution in [2.75, 3.05) is 0 Å². The fourth-order valence-corrected chi connectivity index (χ4v) is 2.74. The van der Waals surface area contributed by atoms with E-state index in [9.17, 15) is 4.79 Å². The van der Waals surface area contributed by atoms with Gasteiger partial charge in [0.2, 0.25) is 0 Å². The Hall–Kier alpha value is -0.330. The number of Topliss-reactive ketones (excluding diaryl/α,β-unsaturated/α-hetero) is 1. The quantitative estimate of drug-likeness (QED) is 0.575. The second kappa shape index (κ2) is 3.08. The zero-order valence-electron chi connectivity index (χ0n) is 10.5. The van der Waals surface area contributed by atoms with Gasteiger partial charge >= 0.3 is 0 Å². The molecule has 0 heterocycles. The van der Waals surface area contributed by atoms with Crippen LogP contribution in [0.2, 0.25) is 0 Å². The summed E-state index contributed by atoms with van der Waals surface area (Å²) in [7, 11) is 0. The van der Waals surface area contributed by atoms with E-state index in [0.717, 1.165) is 19.3 Å². The first-order chi connectivity index (χ1) is 6.06. The molecule has 0 aromatic rings. The highest BCUT2D eigenvalue weighted by Crippen LogP contribution is 2.53. The van der Waals surface area contributed by atoms with Crippen LogP contribution in [0.25, 0.3) is 0 Å². The molecule has 1 saturated carbocycles. The van der Waals surface area contributed by atoms with Gasteiger partial charge in [-0.2, -0.15) is 0 Å². The van der Waals surface area contributed by atoms with E-state index in [2.05, 4.69) is 41.5 Å². The summed E-state index contributed by atoms with van der Waals surface area (Å²) in [5, 5.41) is 0. The summed E-state index contributed by atoms with van der Waals surface area (Å²) >= 11 is 0. The summed E-state index contributed by atoms with van der Waals surface area (Å²) in [5.41, 5.74) is 0.587. The minimum atomic E-state index is 0.172. The lowest BCUT2D eigenvalue weighted by molar-refractivity contribution is -0.131. The Bertz CT molecular complexity index is 244. The van der Waals surface area contributed by atoms with Crippen molar-refractivity contribution in [1.29, 1.82) is 0 Å². The summed E-state index contributed by atoms with van der Waals surface area (Å²) in [5.74, 6) is 0.443. The van der Waals surface area contributed by atoms with E-state index in [1.165, 1.54) is 0 Å². The summed E-state index contributed by atoms with van der Waals surface area (Å²) in [6.07, 6.45) is 2.69. The first kappa shape index (κ1) is 11.7. The molecule has 0 N–H and O–H groups in total. The lowest BCUT2D eigenvalue weighted by Gasteiger charge is -2.49. The van der Waals surface area contributed by atoms with Crippen molar-refractivity contribution in [2.45, 2.75) is 60.8 Å². The third-order valence-corrected chi connectivity index (χ3v) is 3.94. The number of hydrogen-bond acceptors (Lipinski definition) is 1. The maximum Gasteiger partial charge on any atom is 0.134 e. The Labute approximate surface area is 88.3 Å². The standard InChI is InChI=1S/C13H24O/c1-11(2,3)13(6)8-10(14)7-12(4,5)9-13/h7-9H2,1-6H3. The molecule has 14 heavy (non-hydrogen) atoms. The Balaban J connectivity index is 2.96. The predicted octanol–water partition coefficient (Wildman–Crippen LogP) is 3.82. The van der Waals surface area contributed by atoms with Crippen LogP contribution in [0.5, 0.6) is 0 Å². The van der Waals surface area contributed by atoms with Gasteiger partial charge in [-0.15, -0.1) is 0 Å². The summed E-state index contributed by atoms with van der Waals surface area (Å²) in [4.78, 5) is 11.7. The molecule has 1 unspecified atom stereocenters. The van der Waals surface area contributed by atoms with E-state index in [1.807, 2.05) is 0 Å². The summed E-state index contributed by atoms with van der Waals surface area (Å²) < 4.78 is 0. The van der Waals surface area contributed by atoms with Crippen molar-refractivity contribution >= 4 is 5.78 Å². The second-order valence-corrected chi connectivity index (χ2v) is 7.04. The minimum absolute atomic E-state index is 0.172. The first-order valence-electron chi connectivity index (χ1n) is 5.58. The van der Waals surface area contributed by atoms with Crippen LogP contribution in [-0.4, -0.2) is 5.78 Å². The monoisotopic (exact) mass is 196 g/mol. The number of ketones is 1. The van der Waals surface area contributed by atoms with Crippen LogP contribution in [0.4, 0.5) is 0 Å². The largest absolute Gasteiger partial charge is 0.300 e. The van der Waals surface area contributed by atoms with Gasteiger partial charge in [-0.1, -0.05) is 41.5 Å². The van der Waals surface area contributed by atoms with Crippen molar-refractivity contribution in [1.82, 2.24) is 0 Å². The average molecular weight is 196 g/mol. The number of carbonyl (C=O) groups excluding carboxylic acids is 1. The molecule has 0 saturated heterocycles. The van der Waals surface area contributed by atoms with Crippen molar-refractivity contribution < 1.29 is 4.79 Å². The molecule has 82 valence electrons. The third kappa shape index (κ3) is 2.18. The molecule has 0 aromatic carbocycles. The van der Waals surface area contributed by atoms with E-state index in [0.29, 0.717) is 5.78 Å². The zero-order valence-corrected chi connectivity index (χ0v) is 10.5. The van der Waals surface area contributed by atoms with Crippen LogP contribution in [-0.2, 0) is 4.79 Å². The normalized spacial score (nSPS) is 33.1. The Kier molecular flexibility index (Phi) is 2.58. The van der Waals surface area contributed by atoms with Crippen LogP contribution in [0.15, 0.2) is 0 Å². The Morgan fingerprint density at radius 3 is 1.93 bits per heavy atom. The molecule has 1 atom stereocenters. The van der Waals surface area contributed by atoms with Gasteiger partial charge in [0.25, 0.3) is 0 Å². The molecule has 0 spiro atoms. The molecular weight excluding hydrogens is 172 g/mol. The lowest BCUT2D eigenvalue weighted by atomic mass is 9.54. The van der Waals surface area contributed by atoms with E-state index in [-0.39, 0.29) is 16.2 Å². The van der Waals surface area contributed by atoms with Gasteiger partial charge in [-0.05, 0) is 22.7 Å². The molecule has 1 aliphatic carbocycles. The fraction of sp³-hybridized carbons (Fsp3) is 0.923. The number of rotatable bonds is 0. The van der Waals surface area contributed by atoms with Crippen molar-refractivity contribution in [3.8, 4) is 0 Å². The molecule has 1 fully saturated rings. The zero-order chi connectivity index (χ0) is 11.2. The first-order valence-corrected chi connectivity index (χ1v) is 5.58. The highest BCUT2D eigenvalue weighted by molar-refractivity contribution is 5.80. The van der Waals surface area contributed by atoms with E-state index < -0.39 is 0 Å². The van der Waals surface area contributed by atoms with Gasteiger partial charge in [0, 0.05) is 12.8 Å². The van der Waals surface area contributed by atoms with Crippen LogP contribution >= 0.6 is 0 Å². The van der Waals surface area contributed by atoms with Crippen LogP contribution < -0.4 is 0 Å². The van der Waals surface area contributed by atoms with Crippen LogP contribution in [0.3, 0.4) is 0 Å². The van der Waals surface area contributed by atoms with Gasteiger partial charge in [0.15, 0.2) is 0 Å². The minimum Gasteiger partial charge on any atom is -0.300 e. The van der Waals surface area contributed by atoms with Gasteiger partial charge in [-0.25, -0.2) is 0 Å². The van der Waals surface area contributed by atoms with E-state index >= 15 is 0 Å². The maximum atomic E-state index is 11.7. The third-order valence-electron chi connectivity index (χ3n) is 3.94. The van der Waals surface area contributed by atoms with Gasteiger partial charge < -0.3 is 0 Å². The number of hydrogen-bond donors (Lipinski definition) is 0. The van der Waals surface area contributed by atoms with Gasteiger partial charge in [0.1, 0.15) is 5.78 Å². The van der Waals surface area contributed by atoms with Gasteiger partial charge in [-0.3, -0.25) is 4.79 Å². The Morgan fingerprint density at radius 1 is 1.07 bits per heavy atom. The second-order valence-electron chi connectivity index (χ2n) is 7.04. The van der Waals surface area contributed by atoms with Crippen molar-refractivity contribution in [3.63, 3.8) is 0 Å². The molecule has 0 aromatic heterocycles. The summed E-state index contributed by atoms with van der Waals surface area (Å²) in [6, 6.07) is 0. The highest BCUT2D eigenvalue weighted by Gasteiger charge is 2.46. The summed E-state index contributed by atoms with van der Waals surface area (Å²) in [6.45, 7) is 13.5. The average Bonchev–Trinajstić information content (AvgIpc) is 1.76. The van der Waals surface area contributed by atoms with Crippen molar-refractivity contribution in [3.05, 3.63) is 0 Å². The molecular formula is C13H24O. The highest BCUT2D eigenvalue weighted by atomic mass is 16.1. The van der Waals surface area contributed by atoms with E-state index in [4.69, 9.17) is 0 Å². The predicted molar refractivity (Wildman–Crippen MR) is 60.2 cm³/mol. The van der Waals surface area contributed by atoms with Gasteiger partial charge in [0.05, 0.1) is 0 Å². The lowest BCUT2D eigenvalue weighted by Crippen LogP contribution is -2.43. The molecule has 0 bridgehead atoms. The molecule has 0 amide bonds. The molecule has 0 radical (unpaired) electrons. The molecule has 1 nitrogen and oxygen atoms in total. The fourth-order valence-electron chi connectivity index (χ4n) is 2.74.